The van der Waals surface area contributed by atoms with Crippen LogP contribution in [0.25, 0.3) is 0 Å². The summed E-state index contributed by atoms with van der Waals surface area (Å²) in [5.74, 6) is 0.0838. The van der Waals surface area contributed by atoms with Crippen molar-refractivity contribution in [1.82, 2.24) is 15.1 Å². The van der Waals surface area contributed by atoms with Crippen molar-refractivity contribution in [3.8, 4) is 0 Å². The summed E-state index contributed by atoms with van der Waals surface area (Å²) in [6.07, 6.45) is 7.69. The van der Waals surface area contributed by atoms with Crippen LogP contribution in [0.2, 0.25) is 0 Å². The number of rotatable bonds is 8. The summed E-state index contributed by atoms with van der Waals surface area (Å²) in [4.78, 5) is 28.4. The van der Waals surface area contributed by atoms with E-state index in [-0.39, 0.29) is 11.8 Å². The standard InChI is InChI=1S/C21H31N3O2/c1-4-14-24(19-8-6-5-7-9-19)20(25)16-23(3)15-17-10-12-18(13-11-17)21(26)22-2/h8,10-13H,4-7,9,14-16H2,1-3H3,(H,22,26). The van der Waals surface area contributed by atoms with E-state index >= 15 is 0 Å². The summed E-state index contributed by atoms with van der Waals surface area (Å²) in [7, 11) is 3.59. The molecule has 0 spiro atoms. The molecule has 2 amide bonds. The van der Waals surface area contributed by atoms with Crippen molar-refractivity contribution >= 4 is 11.8 Å². The number of nitrogens with one attached hydrogen (secondary N) is 1. The highest BCUT2D eigenvalue weighted by atomic mass is 16.2. The fraction of sp³-hybridized carbons (Fsp3) is 0.524. The molecule has 5 nitrogen and oxygen atoms in total. The van der Waals surface area contributed by atoms with Gasteiger partial charge in [0.15, 0.2) is 0 Å². The molecule has 5 heteroatoms. The van der Waals surface area contributed by atoms with Crippen molar-refractivity contribution in [2.75, 3.05) is 27.2 Å². The van der Waals surface area contributed by atoms with Crippen molar-refractivity contribution < 1.29 is 9.59 Å². The molecule has 142 valence electrons. The van der Waals surface area contributed by atoms with Gasteiger partial charge in [-0.3, -0.25) is 14.5 Å². The number of likely N-dealkylation sites (N-methyl/N-ethyl adjacent to an activating group) is 1. The van der Waals surface area contributed by atoms with Gasteiger partial charge in [0, 0.05) is 31.4 Å². The number of benzene rings is 1. The third-order valence-corrected chi connectivity index (χ3v) is 4.66. The van der Waals surface area contributed by atoms with E-state index in [2.05, 4.69) is 18.3 Å². The van der Waals surface area contributed by atoms with Gasteiger partial charge in [-0.1, -0.05) is 25.1 Å². The number of hydrogen-bond acceptors (Lipinski definition) is 3. The Morgan fingerprint density at radius 2 is 1.88 bits per heavy atom. The van der Waals surface area contributed by atoms with Crippen LogP contribution >= 0.6 is 0 Å². The number of carbonyl (C=O) groups is 2. The second kappa shape index (κ2) is 10.1. The molecule has 0 aromatic heterocycles. The Morgan fingerprint density at radius 1 is 1.15 bits per heavy atom. The van der Waals surface area contributed by atoms with Crippen molar-refractivity contribution in [2.24, 2.45) is 0 Å². The number of allylic oxidation sites excluding steroid dienone is 2. The first kappa shape index (κ1) is 20.2. The van der Waals surface area contributed by atoms with Crippen LogP contribution in [0.5, 0.6) is 0 Å². The SMILES string of the molecule is CCCN(C(=O)CN(C)Cc1ccc(C(=O)NC)cc1)C1=CCCCC1. The lowest BCUT2D eigenvalue weighted by atomic mass is 10.0. The third-order valence-electron chi connectivity index (χ3n) is 4.66. The molecule has 1 aliphatic carbocycles. The zero-order valence-electron chi connectivity index (χ0n) is 16.3. The van der Waals surface area contributed by atoms with Crippen LogP contribution in [0, 0.1) is 0 Å². The summed E-state index contributed by atoms with van der Waals surface area (Å²) in [5, 5.41) is 2.62. The van der Waals surface area contributed by atoms with Crippen LogP contribution in [0.3, 0.4) is 0 Å². The maximum absolute atomic E-state index is 12.8. The molecule has 26 heavy (non-hydrogen) atoms. The number of hydrogen-bond donors (Lipinski definition) is 1. The molecule has 0 atom stereocenters. The van der Waals surface area contributed by atoms with Gasteiger partial charge in [0.2, 0.25) is 5.91 Å². The Bertz CT molecular complexity index is 637. The Hall–Kier alpha value is -2.14. The van der Waals surface area contributed by atoms with E-state index in [1.165, 1.54) is 18.5 Å². The molecule has 0 saturated carbocycles. The van der Waals surface area contributed by atoms with Gasteiger partial charge in [-0.25, -0.2) is 0 Å². The van der Waals surface area contributed by atoms with E-state index in [4.69, 9.17) is 0 Å². The van der Waals surface area contributed by atoms with E-state index in [1.807, 2.05) is 41.1 Å². The van der Waals surface area contributed by atoms with Gasteiger partial charge in [0.1, 0.15) is 0 Å². The minimum Gasteiger partial charge on any atom is -0.355 e. The lowest BCUT2D eigenvalue weighted by molar-refractivity contribution is -0.130. The van der Waals surface area contributed by atoms with Gasteiger partial charge in [0.05, 0.1) is 6.54 Å². The molecule has 2 rings (SSSR count). The first-order valence-electron chi connectivity index (χ1n) is 9.54. The zero-order chi connectivity index (χ0) is 18.9. The van der Waals surface area contributed by atoms with Gasteiger partial charge < -0.3 is 10.2 Å². The maximum Gasteiger partial charge on any atom is 0.251 e. The molecule has 1 aromatic rings. The van der Waals surface area contributed by atoms with E-state index in [9.17, 15) is 9.59 Å². The van der Waals surface area contributed by atoms with Gasteiger partial charge in [-0.05, 0) is 56.8 Å². The maximum atomic E-state index is 12.8. The van der Waals surface area contributed by atoms with Crippen LogP contribution in [0.4, 0.5) is 0 Å². The van der Waals surface area contributed by atoms with Crippen LogP contribution in [0.15, 0.2) is 36.0 Å². The van der Waals surface area contributed by atoms with Gasteiger partial charge in [0.25, 0.3) is 5.91 Å². The molecule has 0 unspecified atom stereocenters. The minimum atomic E-state index is -0.0870. The summed E-state index contributed by atoms with van der Waals surface area (Å²) in [6, 6.07) is 7.53. The fourth-order valence-electron chi connectivity index (χ4n) is 3.31. The highest BCUT2D eigenvalue weighted by Crippen LogP contribution is 2.21. The molecule has 0 heterocycles. The van der Waals surface area contributed by atoms with Crippen LogP contribution < -0.4 is 5.32 Å². The molecule has 0 fully saturated rings. The Labute approximate surface area is 157 Å². The largest absolute Gasteiger partial charge is 0.355 e. The van der Waals surface area contributed by atoms with Crippen LogP contribution in [0.1, 0.15) is 54.9 Å². The summed E-state index contributed by atoms with van der Waals surface area (Å²) in [5.41, 5.74) is 2.94. The van der Waals surface area contributed by atoms with Gasteiger partial charge >= 0.3 is 0 Å². The topological polar surface area (TPSA) is 52.7 Å². The van der Waals surface area contributed by atoms with E-state index < -0.39 is 0 Å². The van der Waals surface area contributed by atoms with Crippen molar-refractivity contribution in [3.05, 3.63) is 47.2 Å². The molecule has 0 radical (unpaired) electrons. The molecule has 1 N–H and O–H groups in total. The second-order valence-electron chi connectivity index (χ2n) is 6.93. The van der Waals surface area contributed by atoms with E-state index in [1.54, 1.807) is 7.05 Å². The monoisotopic (exact) mass is 357 g/mol. The van der Waals surface area contributed by atoms with Crippen molar-refractivity contribution in [1.29, 1.82) is 0 Å². The predicted molar refractivity (Wildman–Crippen MR) is 105 cm³/mol. The number of carbonyl (C=O) groups excluding carboxylic acids is 2. The zero-order valence-corrected chi connectivity index (χ0v) is 16.3. The average Bonchev–Trinajstić information content (AvgIpc) is 2.66. The van der Waals surface area contributed by atoms with Crippen molar-refractivity contribution in [3.63, 3.8) is 0 Å². The number of nitrogens with zero attached hydrogens (tertiary/aromatic N) is 2. The Morgan fingerprint density at radius 3 is 2.46 bits per heavy atom. The Balaban J connectivity index is 1.94. The smallest absolute Gasteiger partial charge is 0.251 e. The predicted octanol–water partition coefficient (Wildman–Crippen LogP) is 3.17. The summed E-state index contributed by atoms with van der Waals surface area (Å²) < 4.78 is 0. The molecule has 0 saturated heterocycles. The second-order valence-corrected chi connectivity index (χ2v) is 6.93. The first-order chi connectivity index (χ1) is 12.5. The van der Waals surface area contributed by atoms with Crippen LogP contribution in [-0.2, 0) is 11.3 Å². The molecule has 1 aromatic carbocycles. The lowest BCUT2D eigenvalue weighted by Gasteiger charge is -2.29. The number of amides is 2. The normalized spacial score (nSPS) is 14.1. The van der Waals surface area contributed by atoms with Gasteiger partial charge in [-0.2, -0.15) is 0 Å². The molecule has 0 aliphatic heterocycles. The van der Waals surface area contributed by atoms with E-state index in [0.29, 0.717) is 18.7 Å². The van der Waals surface area contributed by atoms with Crippen LogP contribution in [-0.4, -0.2) is 48.8 Å². The lowest BCUT2D eigenvalue weighted by Crippen LogP contribution is -2.39. The quantitative estimate of drug-likeness (QED) is 0.777. The van der Waals surface area contributed by atoms with Crippen molar-refractivity contribution in [2.45, 2.75) is 45.6 Å². The molecular weight excluding hydrogens is 326 g/mol. The molecule has 1 aliphatic rings. The fourth-order valence-corrected chi connectivity index (χ4v) is 3.31. The first-order valence-corrected chi connectivity index (χ1v) is 9.54. The Kier molecular flexibility index (Phi) is 7.85. The average molecular weight is 357 g/mol. The summed E-state index contributed by atoms with van der Waals surface area (Å²) >= 11 is 0. The van der Waals surface area contributed by atoms with Gasteiger partial charge in [-0.15, -0.1) is 0 Å². The highest BCUT2D eigenvalue weighted by molar-refractivity contribution is 5.93. The molecule has 0 bridgehead atoms. The molecular formula is C21H31N3O2. The highest BCUT2D eigenvalue weighted by Gasteiger charge is 2.20. The third kappa shape index (κ3) is 5.70. The minimum absolute atomic E-state index is 0.0870. The summed E-state index contributed by atoms with van der Waals surface area (Å²) in [6.45, 7) is 3.98. The van der Waals surface area contributed by atoms with E-state index in [0.717, 1.165) is 31.4 Å².